The lowest BCUT2D eigenvalue weighted by atomic mass is 10.0. The molecule has 0 aromatic rings. The summed E-state index contributed by atoms with van der Waals surface area (Å²) in [6, 6.07) is 0. The fourth-order valence-electron chi connectivity index (χ4n) is 4.09. The highest BCUT2D eigenvalue weighted by atomic mass is 16.4. The van der Waals surface area contributed by atoms with Crippen LogP contribution in [-0.2, 0) is 14.4 Å². The van der Waals surface area contributed by atoms with E-state index in [4.69, 9.17) is 0 Å². The van der Waals surface area contributed by atoms with Gasteiger partial charge in [0, 0.05) is 0 Å². The molecule has 0 saturated heterocycles. The Balaban J connectivity index is 5.09. The summed E-state index contributed by atoms with van der Waals surface area (Å²) in [7, 11) is 0. The maximum absolute atomic E-state index is 11.5. The van der Waals surface area contributed by atoms with Gasteiger partial charge in [0.1, 0.15) is 17.8 Å². The van der Waals surface area contributed by atoms with Gasteiger partial charge in [-0.2, -0.15) is 0 Å². The quantitative estimate of drug-likeness (QED) is 0.161. The first-order chi connectivity index (χ1) is 14.0. The molecule has 0 aromatic heterocycles. The predicted octanol–water partition coefficient (Wildman–Crippen LogP) is 4.27. The van der Waals surface area contributed by atoms with Crippen LogP contribution in [0.3, 0.4) is 0 Å². The summed E-state index contributed by atoms with van der Waals surface area (Å²) < 4.78 is 0.216. The van der Waals surface area contributed by atoms with E-state index in [1.165, 1.54) is 12.8 Å². The second-order valence-electron chi connectivity index (χ2n) is 8.88. The highest BCUT2D eigenvalue weighted by molar-refractivity contribution is 5.70. The molecule has 3 atom stereocenters. The summed E-state index contributed by atoms with van der Waals surface area (Å²) in [5, 5.41) is 28.2. The number of carbonyl (C=O) groups is 3. The van der Waals surface area contributed by atoms with Gasteiger partial charge < -0.3 is 19.8 Å². The van der Waals surface area contributed by atoms with Crippen LogP contribution in [0.15, 0.2) is 12.7 Å². The van der Waals surface area contributed by atoms with Crippen molar-refractivity contribution < 1.29 is 34.2 Å². The molecule has 30 heavy (non-hydrogen) atoms. The molecular weight excluding hydrogens is 386 g/mol. The Morgan fingerprint density at radius 2 is 1.03 bits per heavy atom. The van der Waals surface area contributed by atoms with Gasteiger partial charge in [-0.1, -0.05) is 31.8 Å². The molecule has 0 bridgehead atoms. The Bertz CT molecular complexity index is 493. The molecule has 0 aliphatic heterocycles. The summed E-state index contributed by atoms with van der Waals surface area (Å²) in [5.41, 5.74) is 0. The molecular formula is C23H42NO6+. The van der Waals surface area contributed by atoms with E-state index in [1.54, 1.807) is 20.8 Å². The molecule has 7 nitrogen and oxygen atoms in total. The molecule has 7 heteroatoms. The third-order valence-electron chi connectivity index (χ3n) is 5.79. The zero-order valence-corrected chi connectivity index (χ0v) is 19.0. The van der Waals surface area contributed by atoms with Crippen LogP contribution in [0.1, 0.15) is 72.1 Å². The number of unbranched alkanes of at least 4 members (excludes halogenated alkanes) is 7. The number of quaternary nitrogens is 1. The lowest BCUT2D eigenvalue weighted by molar-refractivity contribution is -0.934. The van der Waals surface area contributed by atoms with Crippen molar-refractivity contribution in [3.63, 3.8) is 0 Å². The van der Waals surface area contributed by atoms with Gasteiger partial charge in [0.05, 0.1) is 26.2 Å². The normalized spacial score (nSPS) is 16.2. The topological polar surface area (TPSA) is 112 Å². The highest BCUT2D eigenvalue weighted by Crippen LogP contribution is 2.22. The lowest BCUT2D eigenvalue weighted by Gasteiger charge is -2.42. The maximum Gasteiger partial charge on any atom is 0.311 e. The fraction of sp³-hybridized carbons (Fsp3) is 0.783. The minimum atomic E-state index is -0.942. The number of nitrogens with zero attached hydrogens (tertiary/aromatic N) is 1. The number of hydrogen-bond acceptors (Lipinski definition) is 3. The van der Waals surface area contributed by atoms with E-state index in [1.807, 2.05) is 6.08 Å². The Kier molecular flexibility index (Phi) is 14.0. The molecule has 0 amide bonds. The van der Waals surface area contributed by atoms with Crippen molar-refractivity contribution in [2.45, 2.75) is 72.1 Å². The van der Waals surface area contributed by atoms with Gasteiger partial charge in [-0.3, -0.25) is 14.4 Å². The third kappa shape index (κ3) is 12.0. The van der Waals surface area contributed by atoms with Crippen molar-refractivity contribution in [1.82, 2.24) is 0 Å². The van der Waals surface area contributed by atoms with Crippen LogP contribution in [-0.4, -0.2) is 63.9 Å². The summed E-state index contributed by atoms with van der Waals surface area (Å²) in [6.07, 6.45) is 10.5. The van der Waals surface area contributed by atoms with Gasteiger partial charge >= 0.3 is 17.9 Å². The maximum atomic E-state index is 11.5. The molecule has 0 rings (SSSR count). The van der Waals surface area contributed by atoms with Gasteiger partial charge in [-0.25, -0.2) is 0 Å². The average Bonchev–Trinajstić information content (AvgIpc) is 2.66. The molecule has 3 N–H and O–H groups in total. The number of carboxylic acid groups (broad SMARTS) is 3. The van der Waals surface area contributed by atoms with Gasteiger partial charge in [0.25, 0.3) is 0 Å². The Morgan fingerprint density at radius 1 is 0.700 bits per heavy atom. The van der Waals surface area contributed by atoms with Crippen molar-refractivity contribution >= 4 is 17.9 Å². The van der Waals surface area contributed by atoms with Crippen LogP contribution < -0.4 is 0 Å². The zero-order valence-electron chi connectivity index (χ0n) is 19.0. The minimum absolute atomic E-state index is 0.216. The molecule has 0 aliphatic rings. The van der Waals surface area contributed by atoms with Crippen molar-refractivity contribution in [2.24, 2.45) is 17.8 Å². The summed E-state index contributed by atoms with van der Waals surface area (Å²) in [4.78, 5) is 34.5. The molecule has 0 saturated carbocycles. The van der Waals surface area contributed by atoms with E-state index in [0.29, 0.717) is 6.54 Å². The first-order valence-corrected chi connectivity index (χ1v) is 11.2. The molecule has 0 spiro atoms. The molecule has 0 radical (unpaired) electrons. The van der Waals surface area contributed by atoms with Crippen molar-refractivity contribution in [1.29, 1.82) is 0 Å². The van der Waals surface area contributed by atoms with Crippen LogP contribution in [0.5, 0.6) is 0 Å². The van der Waals surface area contributed by atoms with Crippen molar-refractivity contribution in [3.8, 4) is 0 Å². The van der Waals surface area contributed by atoms with Gasteiger partial charge in [-0.05, 0) is 46.5 Å². The van der Waals surface area contributed by atoms with Crippen molar-refractivity contribution in [2.75, 3.05) is 26.2 Å². The molecule has 3 unspecified atom stereocenters. The van der Waals surface area contributed by atoms with Crippen LogP contribution in [0.2, 0.25) is 0 Å². The Labute approximate surface area is 181 Å². The van der Waals surface area contributed by atoms with Gasteiger partial charge in [0.15, 0.2) is 0 Å². The van der Waals surface area contributed by atoms with Crippen LogP contribution >= 0.6 is 0 Å². The van der Waals surface area contributed by atoms with Crippen LogP contribution in [0, 0.1) is 17.8 Å². The largest absolute Gasteiger partial charge is 0.481 e. The molecule has 0 heterocycles. The van der Waals surface area contributed by atoms with Gasteiger partial charge in [0.2, 0.25) is 0 Å². The summed E-state index contributed by atoms with van der Waals surface area (Å²) in [6.45, 7) is 9.87. The van der Waals surface area contributed by atoms with E-state index in [0.717, 1.165) is 38.5 Å². The van der Waals surface area contributed by atoms with Gasteiger partial charge in [-0.15, -0.1) is 6.58 Å². The molecule has 0 aromatic carbocycles. The lowest BCUT2D eigenvalue weighted by Crippen LogP contribution is -2.57. The summed E-state index contributed by atoms with van der Waals surface area (Å²) in [5.74, 6) is -4.83. The first-order valence-electron chi connectivity index (χ1n) is 11.2. The molecule has 174 valence electrons. The second kappa shape index (κ2) is 15.0. The van der Waals surface area contributed by atoms with Crippen molar-refractivity contribution in [3.05, 3.63) is 12.7 Å². The fourth-order valence-corrected chi connectivity index (χ4v) is 4.09. The number of allylic oxidation sites excluding steroid dienone is 1. The minimum Gasteiger partial charge on any atom is -0.481 e. The molecule has 0 fully saturated rings. The smallest absolute Gasteiger partial charge is 0.311 e. The SMILES string of the molecule is C=CCCCCCCCCC[N+](CC(C)C(=O)O)(CC(C)C(=O)O)CC(C)C(=O)O. The Hall–Kier alpha value is -1.89. The average molecular weight is 429 g/mol. The Morgan fingerprint density at radius 3 is 1.37 bits per heavy atom. The standard InChI is InChI=1S/C23H41NO6/c1-5-6-7-8-9-10-11-12-13-14-24(15-18(2)21(25)26,16-19(3)22(27)28)17-20(4)23(29)30/h5,18-20H,1,6-17H2,2-4H3,(H2-,25,26,27,28,29,30)/p+1. The van der Waals surface area contributed by atoms with E-state index in [9.17, 15) is 29.7 Å². The van der Waals surface area contributed by atoms with E-state index >= 15 is 0 Å². The zero-order chi connectivity index (χ0) is 23.2. The van der Waals surface area contributed by atoms with E-state index in [-0.39, 0.29) is 24.1 Å². The van der Waals surface area contributed by atoms with E-state index in [2.05, 4.69) is 6.58 Å². The number of aliphatic carboxylic acids is 3. The monoisotopic (exact) mass is 428 g/mol. The third-order valence-corrected chi connectivity index (χ3v) is 5.79. The number of rotatable bonds is 19. The van der Waals surface area contributed by atoms with Crippen LogP contribution in [0.4, 0.5) is 0 Å². The second-order valence-corrected chi connectivity index (χ2v) is 8.88. The summed E-state index contributed by atoms with van der Waals surface area (Å²) >= 11 is 0. The van der Waals surface area contributed by atoms with Crippen LogP contribution in [0.25, 0.3) is 0 Å². The number of hydrogen-bond donors (Lipinski definition) is 3. The van der Waals surface area contributed by atoms with E-state index < -0.39 is 35.7 Å². The highest BCUT2D eigenvalue weighted by Gasteiger charge is 2.38. The molecule has 0 aliphatic carbocycles. The number of carboxylic acids is 3. The first kappa shape index (κ1) is 28.1. The predicted molar refractivity (Wildman–Crippen MR) is 117 cm³/mol.